The monoisotopic (exact) mass is 296 g/mol. The molecule has 0 saturated carbocycles. The van der Waals surface area contributed by atoms with Gasteiger partial charge in [0.25, 0.3) is 0 Å². The Labute approximate surface area is 119 Å². The summed E-state index contributed by atoms with van der Waals surface area (Å²) in [6, 6.07) is 6.01. The molecule has 0 aromatic heterocycles. The first-order chi connectivity index (χ1) is 9.42. The summed E-state index contributed by atoms with van der Waals surface area (Å²) in [5.74, 6) is 5.71. The van der Waals surface area contributed by atoms with Gasteiger partial charge in [-0.05, 0) is 30.7 Å². The third-order valence-corrected chi connectivity index (χ3v) is 3.79. The van der Waals surface area contributed by atoms with Gasteiger partial charge in [0, 0.05) is 24.7 Å². The highest BCUT2D eigenvalue weighted by Crippen LogP contribution is 2.09. The molecule has 108 valence electrons. The molecule has 0 radical (unpaired) electrons. The minimum absolute atomic E-state index is 0.0300. The van der Waals surface area contributed by atoms with Crippen molar-refractivity contribution < 1.29 is 12.8 Å². The van der Waals surface area contributed by atoms with Gasteiger partial charge in [0.15, 0.2) is 0 Å². The highest BCUT2D eigenvalue weighted by atomic mass is 32.2. The summed E-state index contributed by atoms with van der Waals surface area (Å²) >= 11 is 0. The molecule has 20 heavy (non-hydrogen) atoms. The van der Waals surface area contributed by atoms with E-state index in [-0.39, 0.29) is 11.9 Å². The summed E-state index contributed by atoms with van der Waals surface area (Å²) < 4.78 is 37.6. The van der Waals surface area contributed by atoms with Crippen LogP contribution in [0.1, 0.15) is 12.0 Å². The molecule has 4 nitrogen and oxygen atoms in total. The van der Waals surface area contributed by atoms with Gasteiger partial charge < -0.3 is 0 Å². The van der Waals surface area contributed by atoms with E-state index in [9.17, 15) is 12.8 Å². The predicted octanol–water partition coefficient (Wildman–Crippen LogP) is 0.801. The summed E-state index contributed by atoms with van der Waals surface area (Å²) in [4.78, 5) is 2.10. The summed E-state index contributed by atoms with van der Waals surface area (Å²) in [5, 5.41) is 0. The zero-order chi connectivity index (χ0) is 14.6. The lowest BCUT2D eigenvalue weighted by Crippen LogP contribution is -2.36. The number of rotatable bonds is 3. The van der Waals surface area contributed by atoms with Crippen LogP contribution in [-0.2, 0) is 10.0 Å². The van der Waals surface area contributed by atoms with E-state index in [0.29, 0.717) is 13.1 Å². The van der Waals surface area contributed by atoms with E-state index in [1.165, 1.54) is 18.4 Å². The van der Waals surface area contributed by atoms with Gasteiger partial charge in [-0.1, -0.05) is 11.8 Å². The Morgan fingerprint density at radius 3 is 2.75 bits per heavy atom. The third-order valence-electron chi connectivity index (χ3n) is 3.03. The Kier molecular flexibility index (Phi) is 4.76. The molecule has 0 unspecified atom stereocenters. The van der Waals surface area contributed by atoms with Crippen LogP contribution < -0.4 is 4.72 Å². The number of hydrogen-bond acceptors (Lipinski definition) is 3. The Hall–Kier alpha value is -1.42. The van der Waals surface area contributed by atoms with Gasteiger partial charge in [0.2, 0.25) is 10.0 Å². The van der Waals surface area contributed by atoms with Crippen molar-refractivity contribution in [3.8, 4) is 11.8 Å². The van der Waals surface area contributed by atoms with Crippen molar-refractivity contribution >= 4 is 10.0 Å². The maximum Gasteiger partial charge on any atom is 0.208 e. The molecular weight excluding hydrogens is 279 g/mol. The van der Waals surface area contributed by atoms with Crippen LogP contribution in [0.25, 0.3) is 0 Å². The Balaban J connectivity index is 1.83. The average molecular weight is 296 g/mol. The highest BCUT2D eigenvalue weighted by Gasteiger charge is 2.23. The number of halogens is 1. The molecule has 1 saturated heterocycles. The summed E-state index contributed by atoms with van der Waals surface area (Å²) in [6.07, 6.45) is 1.97. The Bertz CT molecular complexity index is 617. The van der Waals surface area contributed by atoms with Crippen molar-refractivity contribution in [3.63, 3.8) is 0 Å². The lowest BCUT2D eigenvalue weighted by molar-refractivity contribution is 0.374. The molecule has 1 N–H and O–H groups in total. The van der Waals surface area contributed by atoms with Crippen LogP contribution in [0.4, 0.5) is 4.39 Å². The summed E-state index contributed by atoms with van der Waals surface area (Å²) in [5.41, 5.74) is 0.774. The second-order valence-electron chi connectivity index (χ2n) is 4.92. The van der Waals surface area contributed by atoms with E-state index >= 15 is 0 Å². The number of nitrogens with one attached hydrogen (secondary N) is 1. The van der Waals surface area contributed by atoms with Gasteiger partial charge in [0.1, 0.15) is 5.82 Å². The van der Waals surface area contributed by atoms with Gasteiger partial charge in [-0.3, -0.25) is 4.90 Å². The van der Waals surface area contributed by atoms with E-state index in [1.54, 1.807) is 12.1 Å². The molecule has 6 heteroatoms. The number of benzene rings is 1. The van der Waals surface area contributed by atoms with E-state index in [4.69, 9.17) is 0 Å². The molecule has 0 amide bonds. The maximum absolute atomic E-state index is 12.7. The van der Waals surface area contributed by atoms with Crippen molar-refractivity contribution in [3.05, 3.63) is 35.6 Å². The first kappa shape index (κ1) is 15.0. The van der Waals surface area contributed by atoms with Crippen molar-refractivity contribution in [2.24, 2.45) is 0 Å². The van der Waals surface area contributed by atoms with Gasteiger partial charge >= 0.3 is 0 Å². The Morgan fingerprint density at radius 2 is 2.10 bits per heavy atom. The lowest BCUT2D eigenvalue weighted by atomic mass is 10.2. The SMILES string of the molecule is CS(=O)(=O)N[C@@H]1CCN(CC#Cc2ccc(F)cc2)C1. The van der Waals surface area contributed by atoms with Crippen LogP contribution in [0.15, 0.2) is 24.3 Å². The second kappa shape index (κ2) is 6.35. The number of sulfonamides is 1. The molecule has 1 aromatic carbocycles. The molecular formula is C14H17FN2O2S. The van der Waals surface area contributed by atoms with Crippen LogP contribution in [0.3, 0.4) is 0 Å². The maximum atomic E-state index is 12.7. The van der Waals surface area contributed by atoms with Crippen molar-refractivity contribution in [2.45, 2.75) is 12.5 Å². The molecule has 1 atom stereocenters. The predicted molar refractivity (Wildman–Crippen MR) is 76.1 cm³/mol. The van der Waals surface area contributed by atoms with Crippen LogP contribution >= 0.6 is 0 Å². The molecule has 1 aliphatic rings. The fourth-order valence-corrected chi connectivity index (χ4v) is 2.96. The van der Waals surface area contributed by atoms with Crippen molar-refractivity contribution in [1.29, 1.82) is 0 Å². The average Bonchev–Trinajstić information content (AvgIpc) is 2.77. The first-order valence-corrected chi connectivity index (χ1v) is 8.25. The standard InChI is InChI=1S/C14H17FN2O2S/c1-20(18,19)16-14-8-10-17(11-14)9-2-3-12-4-6-13(15)7-5-12/h4-7,14,16H,8-11H2,1H3/t14-/m1/s1. The zero-order valence-corrected chi connectivity index (χ0v) is 12.1. The van der Waals surface area contributed by atoms with Crippen LogP contribution in [0, 0.1) is 17.7 Å². The minimum Gasteiger partial charge on any atom is -0.291 e. The number of hydrogen-bond donors (Lipinski definition) is 1. The molecule has 2 rings (SSSR count). The van der Waals surface area contributed by atoms with E-state index in [1.807, 2.05) is 0 Å². The molecule has 1 heterocycles. The largest absolute Gasteiger partial charge is 0.291 e. The van der Waals surface area contributed by atoms with Crippen LogP contribution in [0.2, 0.25) is 0 Å². The fourth-order valence-electron chi connectivity index (χ4n) is 2.16. The molecule has 0 aliphatic carbocycles. The van der Waals surface area contributed by atoms with Gasteiger partial charge in [0.05, 0.1) is 12.8 Å². The summed E-state index contributed by atoms with van der Waals surface area (Å²) in [6.45, 7) is 2.08. The van der Waals surface area contributed by atoms with Crippen LogP contribution in [-0.4, -0.2) is 45.2 Å². The van der Waals surface area contributed by atoms with E-state index in [2.05, 4.69) is 21.5 Å². The van der Waals surface area contributed by atoms with Crippen molar-refractivity contribution in [1.82, 2.24) is 9.62 Å². The number of likely N-dealkylation sites (tertiary alicyclic amines) is 1. The van der Waals surface area contributed by atoms with E-state index in [0.717, 1.165) is 18.5 Å². The van der Waals surface area contributed by atoms with Gasteiger partial charge in [-0.25, -0.2) is 17.5 Å². The highest BCUT2D eigenvalue weighted by molar-refractivity contribution is 7.88. The molecule has 0 spiro atoms. The van der Waals surface area contributed by atoms with Crippen molar-refractivity contribution in [2.75, 3.05) is 25.9 Å². The summed E-state index contributed by atoms with van der Waals surface area (Å²) in [7, 11) is -3.15. The normalized spacial score (nSPS) is 19.6. The van der Waals surface area contributed by atoms with Gasteiger partial charge in [-0.2, -0.15) is 0 Å². The quantitative estimate of drug-likeness (QED) is 0.840. The molecule has 1 aliphatic heterocycles. The lowest BCUT2D eigenvalue weighted by Gasteiger charge is -2.12. The molecule has 1 fully saturated rings. The topological polar surface area (TPSA) is 49.4 Å². The second-order valence-corrected chi connectivity index (χ2v) is 6.70. The fraction of sp³-hybridized carbons (Fsp3) is 0.429. The zero-order valence-electron chi connectivity index (χ0n) is 11.3. The third kappa shape index (κ3) is 4.93. The number of nitrogens with zero attached hydrogens (tertiary/aromatic N) is 1. The Morgan fingerprint density at radius 1 is 1.40 bits per heavy atom. The van der Waals surface area contributed by atoms with Gasteiger partial charge in [-0.15, -0.1) is 0 Å². The minimum atomic E-state index is -3.15. The first-order valence-electron chi connectivity index (χ1n) is 6.36. The molecule has 1 aromatic rings. The smallest absolute Gasteiger partial charge is 0.208 e. The van der Waals surface area contributed by atoms with E-state index < -0.39 is 10.0 Å². The molecule has 0 bridgehead atoms. The van der Waals surface area contributed by atoms with Crippen LogP contribution in [0.5, 0.6) is 0 Å².